The maximum absolute atomic E-state index is 10.9. The van der Waals surface area contributed by atoms with Crippen LogP contribution in [-0.2, 0) is 4.79 Å². The van der Waals surface area contributed by atoms with Crippen molar-refractivity contribution < 1.29 is 9.90 Å². The summed E-state index contributed by atoms with van der Waals surface area (Å²) in [7, 11) is 5.87. The number of carboxylic acids is 1. The molecule has 0 aromatic carbocycles. The van der Waals surface area contributed by atoms with Crippen LogP contribution < -0.4 is 5.32 Å². The number of nitrogens with one attached hydrogen (secondary N) is 1. The summed E-state index contributed by atoms with van der Waals surface area (Å²) in [4.78, 5) is 17.8. The van der Waals surface area contributed by atoms with Crippen molar-refractivity contribution >= 4 is 5.97 Å². The Morgan fingerprint density at radius 2 is 1.83 bits per heavy atom. The van der Waals surface area contributed by atoms with Gasteiger partial charge in [0.25, 0.3) is 0 Å². The SMILES string of the molecule is CNC(CN1CCN(CCN(C)C)CC1)C(=O)O. The molecule has 0 spiro atoms. The lowest BCUT2D eigenvalue weighted by atomic mass is 10.2. The normalized spacial score (nSPS) is 20.2. The van der Waals surface area contributed by atoms with E-state index in [1.165, 1.54) is 0 Å². The number of hydrogen-bond acceptors (Lipinski definition) is 5. The molecule has 0 aromatic rings. The highest BCUT2D eigenvalue weighted by Crippen LogP contribution is 2.02. The van der Waals surface area contributed by atoms with Crippen LogP contribution in [0, 0.1) is 0 Å². The van der Waals surface area contributed by atoms with Gasteiger partial charge in [-0.1, -0.05) is 0 Å². The first-order valence-electron chi connectivity index (χ1n) is 6.52. The van der Waals surface area contributed by atoms with Gasteiger partial charge in [0.1, 0.15) is 6.04 Å². The van der Waals surface area contributed by atoms with Gasteiger partial charge < -0.3 is 15.3 Å². The summed E-state index contributed by atoms with van der Waals surface area (Å²) >= 11 is 0. The summed E-state index contributed by atoms with van der Waals surface area (Å²) in [6.07, 6.45) is 0. The molecule has 106 valence electrons. The van der Waals surface area contributed by atoms with E-state index in [2.05, 4.69) is 34.1 Å². The fourth-order valence-electron chi connectivity index (χ4n) is 2.09. The van der Waals surface area contributed by atoms with E-state index in [9.17, 15) is 4.79 Å². The van der Waals surface area contributed by atoms with Crippen LogP contribution >= 0.6 is 0 Å². The minimum absolute atomic E-state index is 0.460. The van der Waals surface area contributed by atoms with Crippen LogP contribution in [0.4, 0.5) is 0 Å². The third kappa shape index (κ3) is 5.30. The van der Waals surface area contributed by atoms with Crippen molar-refractivity contribution in [2.24, 2.45) is 0 Å². The van der Waals surface area contributed by atoms with Gasteiger partial charge in [-0.05, 0) is 21.1 Å². The first-order chi connectivity index (χ1) is 8.52. The lowest BCUT2D eigenvalue weighted by Crippen LogP contribution is -2.52. The van der Waals surface area contributed by atoms with Crippen molar-refractivity contribution in [3.05, 3.63) is 0 Å². The zero-order valence-corrected chi connectivity index (χ0v) is 11.7. The second kappa shape index (κ2) is 7.68. The molecule has 0 amide bonds. The van der Waals surface area contributed by atoms with Crippen molar-refractivity contribution in [2.75, 3.05) is 67.0 Å². The number of hydrogen-bond donors (Lipinski definition) is 2. The molecule has 0 bridgehead atoms. The lowest BCUT2D eigenvalue weighted by Gasteiger charge is -2.36. The molecule has 6 nitrogen and oxygen atoms in total. The zero-order chi connectivity index (χ0) is 13.5. The number of carboxylic acid groups (broad SMARTS) is 1. The van der Waals surface area contributed by atoms with Crippen molar-refractivity contribution in [1.29, 1.82) is 0 Å². The maximum atomic E-state index is 10.9. The molecular weight excluding hydrogens is 232 g/mol. The van der Waals surface area contributed by atoms with Crippen molar-refractivity contribution in [3.8, 4) is 0 Å². The topological polar surface area (TPSA) is 59.0 Å². The highest BCUT2D eigenvalue weighted by atomic mass is 16.4. The van der Waals surface area contributed by atoms with Crippen molar-refractivity contribution in [1.82, 2.24) is 20.0 Å². The first kappa shape index (κ1) is 15.4. The van der Waals surface area contributed by atoms with E-state index in [4.69, 9.17) is 5.11 Å². The summed E-state index contributed by atoms with van der Waals surface area (Å²) in [5.74, 6) is -0.771. The molecule has 6 heteroatoms. The molecule has 1 aliphatic rings. The molecule has 1 unspecified atom stereocenters. The first-order valence-corrected chi connectivity index (χ1v) is 6.52. The number of carbonyl (C=O) groups is 1. The monoisotopic (exact) mass is 258 g/mol. The number of nitrogens with zero attached hydrogens (tertiary/aromatic N) is 3. The molecule has 1 atom stereocenters. The Hall–Kier alpha value is -0.690. The molecule has 1 heterocycles. The Morgan fingerprint density at radius 1 is 1.28 bits per heavy atom. The average molecular weight is 258 g/mol. The van der Waals surface area contributed by atoms with Crippen LogP contribution in [0.15, 0.2) is 0 Å². The Balaban J connectivity index is 2.24. The standard InChI is InChI=1S/C12H26N4O2/c1-13-11(12(17)18)10-16-8-6-15(7-9-16)5-4-14(2)3/h11,13H,4-10H2,1-3H3,(H,17,18). The van der Waals surface area contributed by atoms with Crippen LogP contribution in [0.5, 0.6) is 0 Å². The number of likely N-dealkylation sites (N-methyl/N-ethyl adjacent to an activating group) is 2. The summed E-state index contributed by atoms with van der Waals surface area (Å²) in [5, 5.41) is 11.8. The van der Waals surface area contributed by atoms with E-state index >= 15 is 0 Å². The van der Waals surface area contributed by atoms with Crippen LogP contribution in [0.25, 0.3) is 0 Å². The van der Waals surface area contributed by atoms with Gasteiger partial charge in [-0.2, -0.15) is 0 Å². The zero-order valence-electron chi connectivity index (χ0n) is 11.7. The fourth-order valence-corrected chi connectivity index (χ4v) is 2.09. The minimum atomic E-state index is -0.771. The minimum Gasteiger partial charge on any atom is -0.480 e. The van der Waals surface area contributed by atoms with Gasteiger partial charge in [-0.3, -0.25) is 14.6 Å². The molecule has 18 heavy (non-hydrogen) atoms. The fraction of sp³-hybridized carbons (Fsp3) is 0.917. The van der Waals surface area contributed by atoms with Crippen LogP contribution in [-0.4, -0.2) is 98.8 Å². The Morgan fingerprint density at radius 3 is 2.28 bits per heavy atom. The number of aliphatic carboxylic acids is 1. The van der Waals surface area contributed by atoms with Gasteiger partial charge in [-0.15, -0.1) is 0 Å². The largest absolute Gasteiger partial charge is 0.480 e. The molecule has 1 saturated heterocycles. The second-order valence-electron chi connectivity index (χ2n) is 5.13. The van der Waals surface area contributed by atoms with E-state index in [1.54, 1.807) is 7.05 Å². The molecule has 0 aromatic heterocycles. The highest BCUT2D eigenvalue weighted by Gasteiger charge is 2.22. The van der Waals surface area contributed by atoms with Gasteiger partial charge in [0.2, 0.25) is 0 Å². The molecular formula is C12H26N4O2. The number of piperazine rings is 1. The van der Waals surface area contributed by atoms with E-state index in [0.29, 0.717) is 6.54 Å². The Kier molecular flexibility index (Phi) is 6.56. The molecule has 0 aliphatic carbocycles. The summed E-state index contributed by atoms with van der Waals surface area (Å²) in [6.45, 7) is 6.74. The van der Waals surface area contributed by atoms with E-state index in [1.807, 2.05) is 0 Å². The van der Waals surface area contributed by atoms with Crippen LogP contribution in [0.3, 0.4) is 0 Å². The lowest BCUT2D eigenvalue weighted by molar-refractivity contribution is -0.140. The third-order valence-electron chi connectivity index (χ3n) is 3.42. The summed E-state index contributed by atoms with van der Waals surface area (Å²) in [6, 6.07) is -0.460. The van der Waals surface area contributed by atoms with E-state index < -0.39 is 12.0 Å². The number of rotatable bonds is 7. The summed E-state index contributed by atoms with van der Waals surface area (Å²) < 4.78 is 0. The van der Waals surface area contributed by atoms with Gasteiger partial charge in [-0.25, -0.2) is 0 Å². The van der Waals surface area contributed by atoms with Gasteiger partial charge in [0, 0.05) is 45.8 Å². The smallest absolute Gasteiger partial charge is 0.322 e. The third-order valence-corrected chi connectivity index (χ3v) is 3.42. The van der Waals surface area contributed by atoms with E-state index in [-0.39, 0.29) is 0 Å². The average Bonchev–Trinajstić information content (AvgIpc) is 2.34. The molecule has 0 saturated carbocycles. The molecule has 1 fully saturated rings. The predicted molar refractivity (Wildman–Crippen MR) is 71.9 cm³/mol. The highest BCUT2D eigenvalue weighted by molar-refractivity contribution is 5.73. The van der Waals surface area contributed by atoms with Crippen LogP contribution in [0.1, 0.15) is 0 Å². The van der Waals surface area contributed by atoms with Gasteiger partial charge in [0.15, 0.2) is 0 Å². The molecule has 2 N–H and O–H groups in total. The van der Waals surface area contributed by atoms with Crippen molar-refractivity contribution in [2.45, 2.75) is 6.04 Å². The maximum Gasteiger partial charge on any atom is 0.322 e. The second-order valence-corrected chi connectivity index (χ2v) is 5.13. The summed E-state index contributed by atoms with van der Waals surface area (Å²) in [5.41, 5.74) is 0. The van der Waals surface area contributed by atoms with Gasteiger partial charge >= 0.3 is 5.97 Å². The van der Waals surface area contributed by atoms with E-state index in [0.717, 1.165) is 39.3 Å². The Bertz CT molecular complexity index is 252. The molecule has 0 radical (unpaired) electrons. The van der Waals surface area contributed by atoms with Crippen molar-refractivity contribution in [3.63, 3.8) is 0 Å². The molecule has 1 rings (SSSR count). The van der Waals surface area contributed by atoms with Crippen LogP contribution in [0.2, 0.25) is 0 Å². The predicted octanol–water partition coefficient (Wildman–Crippen LogP) is -1.16. The quantitative estimate of drug-likeness (QED) is 0.601. The van der Waals surface area contributed by atoms with Gasteiger partial charge in [0.05, 0.1) is 0 Å². The molecule has 1 aliphatic heterocycles. The Labute approximate surface area is 110 Å².